The third-order valence-electron chi connectivity index (χ3n) is 4.03. The number of thiazole rings is 1. The Labute approximate surface area is 153 Å². The quantitative estimate of drug-likeness (QED) is 0.862. The molecule has 0 aliphatic carbocycles. The zero-order chi connectivity index (χ0) is 17.6. The van der Waals surface area contributed by atoms with Gasteiger partial charge in [0.1, 0.15) is 5.01 Å². The van der Waals surface area contributed by atoms with Crippen LogP contribution in [0.2, 0.25) is 0 Å². The highest BCUT2D eigenvalue weighted by molar-refractivity contribution is 7.13. The molecule has 0 saturated carbocycles. The van der Waals surface area contributed by atoms with E-state index >= 15 is 0 Å². The molecule has 1 N–H and O–H groups in total. The Kier molecular flexibility index (Phi) is 6.18. The first-order chi connectivity index (χ1) is 12.1. The monoisotopic (exact) mass is 359 g/mol. The highest BCUT2D eigenvalue weighted by Gasteiger charge is 2.13. The summed E-state index contributed by atoms with van der Waals surface area (Å²) in [6.45, 7) is 8.45. The lowest BCUT2D eigenvalue weighted by molar-refractivity contribution is -0.120. The number of rotatable bonds is 6. The van der Waals surface area contributed by atoms with Gasteiger partial charge >= 0.3 is 0 Å². The zero-order valence-corrected chi connectivity index (χ0v) is 15.6. The van der Waals surface area contributed by atoms with Gasteiger partial charge in [-0.25, -0.2) is 4.98 Å². The van der Waals surface area contributed by atoms with Crippen molar-refractivity contribution < 1.29 is 9.53 Å². The molecule has 1 aromatic carbocycles. The number of aromatic nitrogens is 1. The predicted molar refractivity (Wildman–Crippen MR) is 101 cm³/mol. The van der Waals surface area contributed by atoms with Crippen LogP contribution in [0.25, 0.3) is 10.6 Å². The molecule has 1 fully saturated rings. The lowest BCUT2D eigenvalue weighted by Crippen LogP contribution is -2.35. The number of amides is 1. The Hall–Kier alpha value is -1.76. The van der Waals surface area contributed by atoms with Crippen LogP contribution in [0.4, 0.5) is 0 Å². The number of benzene rings is 1. The van der Waals surface area contributed by atoms with Gasteiger partial charge in [-0.2, -0.15) is 0 Å². The smallest absolute Gasteiger partial charge is 0.226 e. The molecule has 2 heterocycles. The van der Waals surface area contributed by atoms with E-state index in [2.05, 4.69) is 39.5 Å². The van der Waals surface area contributed by atoms with Crippen LogP contribution in [0, 0.1) is 0 Å². The summed E-state index contributed by atoms with van der Waals surface area (Å²) >= 11 is 1.59. The van der Waals surface area contributed by atoms with Gasteiger partial charge in [0.2, 0.25) is 5.91 Å². The Bertz CT molecular complexity index is 708. The summed E-state index contributed by atoms with van der Waals surface area (Å²) < 4.78 is 5.41. The molecule has 1 saturated heterocycles. The van der Waals surface area contributed by atoms with Crippen molar-refractivity contribution in [3.05, 3.63) is 40.9 Å². The summed E-state index contributed by atoms with van der Waals surface area (Å²) in [4.78, 5) is 18.9. The standard InChI is InChI=1S/C19H25N3O2S/c1-14(2)20-18(23)11-17-13-25-19(21-17)16-5-3-4-15(10-16)12-22-6-8-24-9-7-22/h3-5,10,13-14H,6-9,11-12H2,1-2H3,(H,20,23). The molecule has 2 aromatic rings. The summed E-state index contributed by atoms with van der Waals surface area (Å²) in [5.41, 5.74) is 3.23. The maximum atomic E-state index is 11.9. The molecule has 1 aromatic heterocycles. The van der Waals surface area contributed by atoms with Crippen LogP contribution in [0.3, 0.4) is 0 Å². The van der Waals surface area contributed by atoms with Crippen molar-refractivity contribution in [2.75, 3.05) is 26.3 Å². The third-order valence-corrected chi connectivity index (χ3v) is 4.97. The normalized spacial score (nSPS) is 15.5. The maximum Gasteiger partial charge on any atom is 0.226 e. The second kappa shape index (κ2) is 8.56. The molecule has 0 radical (unpaired) electrons. The minimum Gasteiger partial charge on any atom is -0.379 e. The van der Waals surface area contributed by atoms with Crippen molar-refractivity contribution in [3.8, 4) is 10.6 Å². The summed E-state index contributed by atoms with van der Waals surface area (Å²) in [7, 11) is 0. The van der Waals surface area contributed by atoms with Gasteiger partial charge in [-0.1, -0.05) is 18.2 Å². The average molecular weight is 359 g/mol. The Morgan fingerprint density at radius 2 is 2.16 bits per heavy atom. The predicted octanol–water partition coefficient (Wildman–Crippen LogP) is 2.71. The molecule has 0 atom stereocenters. The lowest BCUT2D eigenvalue weighted by Gasteiger charge is -2.26. The molecule has 25 heavy (non-hydrogen) atoms. The molecule has 0 bridgehead atoms. The molecule has 5 nitrogen and oxygen atoms in total. The first kappa shape index (κ1) is 18.0. The van der Waals surface area contributed by atoms with Crippen LogP contribution in [0.15, 0.2) is 29.6 Å². The van der Waals surface area contributed by atoms with Gasteiger partial charge in [0, 0.05) is 36.6 Å². The van der Waals surface area contributed by atoms with Crippen LogP contribution in [0.5, 0.6) is 0 Å². The van der Waals surface area contributed by atoms with Crippen LogP contribution in [-0.2, 0) is 22.5 Å². The van der Waals surface area contributed by atoms with Crippen molar-refractivity contribution in [2.24, 2.45) is 0 Å². The van der Waals surface area contributed by atoms with E-state index in [1.54, 1.807) is 11.3 Å². The fourth-order valence-corrected chi connectivity index (χ4v) is 3.70. The molecule has 3 rings (SSSR count). The lowest BCUT2D eigenvalue weighted by atomic mass is 10.1. The first-order valence-corrected chi connectivity index (χ1v) is 9.61. The van der Waals surface area contributed by atoms with E-state index in [9.17, 15) is 4.79 Å². The number of ether oxygens (including phenoxy) is 1. The minimum atomic E-state index is 0.0212. The van der Waals surface area contributed by atoms with Gasteiger partial charge in [0.15, 0.2) is 0 Å². The molecule has 1 aliphatic heterocycles. The number of hydrogen-bond acceptors (Lipinski definition) is 5. The first-order valence-electron chi connectivity index (χ1n) is 8.73. The van der Waals surface area contributed by atoms with E-state index in [-0.39, 0.29) is 11.9 Å². The van der Waals surface area contributed by atoms with Gasteiger partial charge in [-0.05, 0) is 25.5 Å². The Morgan fingerprint density at radius 1 is 1.36 bits per heavy atom. The fourth-order valence-electron chi connectivity index (χ4n) is 2.88. The van der Waals surface area contributed by atoms with Gasteiger partial charge in [0.25, 0.3) is 0 Å². The molecule has 1 aliphatic rings. The maximum absolute atomic E-state index is 11.9. The van der Waals surface area contributed by atoms with E-state index in [4.69, 9.17) is 4.74 Å². The van der Waals surface area contributed by atoms with E-state index < -0.39 is 0 Å². The third kappa shape index (κ3) is 5.36. The van der Waals surface area contributed by atoms with E-state index in [0.717, 1.165) is 49.1 Å². The van der Waals surface area contributed by atoms with Gasteiger partial charge in [0.05, 0.1) is 25.3 Å². The SMILES string of the molecule is CC(C)NC(=O)Cc1csc(-c2cccc(CN3CCOCC3)c2)n1. The van der Waals surface area contributed by atoms with Crippen molar-refractivity contribution >= 4 is 17.2 Å². The Morgan fingerprint density at radius 3 is 2.92 bits per heavy atom. The number of carbonyl (C=O) groups excluding carboxylic acids is 1. The van der Waals surface area contributed by atoms with Crippen LogP contribution >= 0.6 is 11.3 Å². The largest absolute Gasteiger partial charge is 0.379 e. The average Bonchev–Trinajstić information content (AvgIpc) is 3.03. The van der Waals surface area contributed by atoms with Gasteiger partial charge in [-0.15, -0.1) is 11.3 Å². The zero-order valence-electron chi connectivity index (χ0n) is 14.8. The Balaban J connectivity index is 1.65. The van der Waals surface area contributed by atoms with Gasteiger partial charge < -0.3 is 10.1 Å². The number of carbonyl (C=O) groups is 1. The minimum absolute atomic E-state index is 0.0212. The van der Waals surface area contributed by atoms with Crippen LogP contribution in [0.1, 0.15) is 25.1 Å². The molecule has 6 heteroatoms. The van der Waals surface area contributed by atoms with Crippen molar-refractivity contribution in [3.63, 3.8) is 0 Å². The highest BCUT2D eigenvalue weighted by Crippen LogP contribution is 2.25. The molecule has 0 unspecified atom stereocenters. The second-order valence-corrected chi connectivity index (χ2v) is 7.49. The molecular weight excluding hydrogens is 334 g/mol. The summed E-state index contributed by atoms with van der Waals surface area (Å²) in [5.74, 6) is 0.0212. The van der Waals surface area contributed by atoms with Crippen molar-refractivity contribution in [1.29, 1.82) is 0 Å². The number of morpholine rings is 1. The van der Waals surface area contributed by atoms with E-state index in [1.165, 1.54) is 5.56 Å². The summed E-state index contributed by atoms with van der Waals surface area (Å²) in [5, 5.41) is 5.85. The molecular formula is C19H25N3O2S. The second-order valence-electron chi connectivity index (χ2n) is 6.63. The number of nitrogens with one attached hydrogen (secondary N) is 1. The van der Waals surface area contributed by atoms with Gasteiger partial charge in [-0.3, -0.25) is 9.69 Å². The molecule has 0 spiro atoms. The van der Waals surface area contributed by atoms with E-state index in [1.807, 2.05) is 19.2 Å². The number of hydrogen-bond donors (Lipinski definition) is 1. The molecule has 1 amide bonds. The fraction of sp³-hybridized carbons (Fsp3) is 0.474. The number of nitrogens with zero attached hydrogens (tertiary/aromatic N) is 2. The highest BCUT2D eigenvalue weighted by atomic mass is 32.1. The molecule has 134 valence electrons. The van der Waals surface area contributed by atoms with E-state index in [0.29, 0.717) is 6.42 Å². The summed E-state index contributed by atoms with van der Waals surface area (Å²) in [6.07, 6.45) is 0.335. The van der Waals surface area contributed by atoms with Crippen LogP contribution in [-0.4, -0.2) is 48.1 Å². The van der Waals surface area contributed by atoms with Crippen LogP contribution < -0.4 is 5.32 Å². The summed E-state index contributed by atoms with van der Waals surface area (Å²) in [6, 6.07) is 8.68. The topological polar surface area (TPSA) is 54.5 Å². The van der Waals surface area contributed by atoms with Crippen molar-refractivity contribution in [2.45, 2.75) is 32.9 Å². The van der Waals surface area contributed by atoms with Crippen molar-refractivity contribution in [1.82, 2.24) is 15.2 Å².